The summed E-state index contributed by atoms with van der Waals surface area (Å²) >= 11 is 0. The predicted octanol–water partition coefficient (Wildman–Crippen LogP) is -0.0257. The van der Waals surface area contributed by atoms with Crippen molar-refractivity contribution in [2.75, 3.05) is 13.1 Å². The number of carboxylic acids is 1. The smallest absolute Gasteiger partial charge is 0.307 e. The van der Waals surface area contributed by atoms with Crippen LogP contribution in [0.2, 0.25) is 0 Å². The van der Waals surface area contributed by atoms with Crippen LogP contribution in [0.5, 0.6) is 0 Å². The van der Waals surface area contributed by atoms with Crippen molar-refractivity contribution in [1.82, 2.24) is 5.32 Å². The maximum Gasteiger partial charge on any atom is 0.307 e. The van der Waals surface area contributed by atoms with Gasteiger partial charge in [-0.15, -0.1) is 0 Å². The van der Waals surface area contributed by atoms with Gasteiger partial charge in [-0.3, -0.25) is 9.59 Å². The number of allylic oxidation sites excluding steroid dienone is 2. The van der Waals surface area contributed by atoms with Crippen LogP contribution in [0, 0.1) is 23.7 Å². The van der Waals surface area contributed by atoms with Gasteiger partial charge in [0, 0.05) is 6.54 Å². The summed E-state index contributed by atoms with van der Waals surface area (Å²) in [5, 5.41) is 12.0. The molecule has 94 valence electrons. The Morgan fingerprint density at radius 1 is 1.29 bits per heavy atom. The van der Waals surface area contributed by atoms with E-state index in [1.54, 1.807) is 0 Å². The zero-order valence-corrected chi connectivity index (χ0v) is 9.63. The van der Waals surface area contributed by atoms with Gasteiger partial charge in [-0.2, -0.15) is 0 Å². The first kappa shape index (κ1) is 12.1. The van der Waals surface area contributed by atoms with Crippen LogP contribution in [0.3, 0.4) is 0 Å². The van der Waals surface area contributed by atoms with Gasteiger partial charge in [0.1, 0.15) is 0 Å². The van der Waals surface area contributed by atoms with Crippen LogP contribution in [-0.2, 0) is 9.59 Å². The van der Waals surface area contributed by atoms with Gasteiger partial charge in [-0.25, -0.2) is 0 Å². The third-order valence-corrected chi connectivity index (χ3v) is 3.73. The molecule has 0 spiro atoms. The molecule has 5 nitrogen and oxygen atoms in total. The highest BCUT2D eigenvalue weighted by Crippen LogP contribution is 2.48. The van der Waals surface area contributed by atoms with Gasteiger partial charge < -0.3 is 16.2 Å². The summed E-state index contributed by atoms with van der Waals surface area (Å²) in [5.74, 6) is -1.83. The van der Waals surface area contributed by atoms with E-state index in [0.717, 1.165) is 12.8 Å². The van der Waals surface area contributed by atoms with Crippen LogP contribution in [0.15, 0.2) is 12.2 Å². The fraction of sp³-hybridized carbons (Fsp3) is 0.667. The van der Waals surface area contributed by atoms with E-state index < -0.39 is 17.8 Å². The second-order valence-corrected chi connectivity index (χ2v) is 4.77. The minimum absolute atomic E-state index is 0.0303. The molecule has 5 heteroatoms. The first-order valence-electron chi connectivity index (χ1n) is 6.04. The quantitative estimate of drug-likeness (QED) is 0.463. The molecule has 2 aliphatic rings. The lowest BCUT2D eigenvalue weighted by molar-refractivity contribution is -0.147. The molecule has 0 aromatic rings. The number of aliphatic carboxylic acids is 1. The summed E-state index contributed by atoms with van der Waals surface area (Å²) in [7, 11) is 0. The average molecular weight is 238 g/mol. The number of carboxylic acid groups (broad SMARTS) is 1. The zero-order chi connectivity index (χ0) is 12.4. The third kappa shape index (κ3) is 2.20. The van der Waals surface area contributed by atoms with Crippen molar-refractivity contribution in [3.05, 3.63) is 12.2 Å². The number of nitrogens with two attached hydrogens (primary N) is 1. The molecule has 0 heterocycles. The number of hydrogen-bond donors (Lipinski definition) is 3. The Hall–Kier alpha value is -1.36. The fourth-order valence-corrected chi connectivity index (χ4v) is 2.95. The molecular weight excluding hydrogens is 220 g/mol. The minimum atomic E-state index is -0.860. The van der Waals surface area contributed by atoms with Crippen LogP contribution in [0.1, 0.15) is 12.8 Å². The number of rotatable bonds is 5. The third-order valence-electron chi connectivity index (χ3n) is 3.73. The second-order valence-electron chi connectivity index (χ2n) is 4.77. The highest BCUT2D eigenvalue weighted by Gasteiger charge is 2.51. The van der Waals surface area contributed by atoms with E-state index >= 15 is 0 Å². The van der Waals surface area contributed by atoms with Crippen molar-refractivity contribution >= 4 is 11.9 Å². The lowest BCUT2D eigenvalue weighted by atomic mass is 9.82. The van der Waals surface area contributed by atoms with Crippen LogP contribution in [-0.4, -0.2) is 30.1 Å². The SMILES string of the molecule is NCCCNC(=O)[C@H]1C2C=CC(C2)[C@H]1C(=O)O. The zero-order valence-electron chi connectivity index (χ0n) is 9.63. The normalized spacial score (nSPS) is 33.9. The number of amides is 1. The van der Waals surface area contributed by atoms with E-state index in [2.05, 4.69) is 5.32 Å². The molecule has 4 atom stereocenters. The Morgan fingerprint density at radius 3 is 2.53 bits per heavy atom. The highest BCUT2D eigenvalue weighted by molar-refractivity contribution is 5.86. The van der Waals surface area contributed by atoms with Crippen molar-refractivity contribution in [1.29, 1.82) is 0 Å². The fourth-order valence-electron chi connectivity index (χ4n) is 2.95. The van der Waals surface area contributed by atoms with Crippen molar-refractivity contribution < 1.29 is 14.7 Å². The van der Waals surface area contributed by atoms with E-state index in [1.807, 2.05) is 12.2 Å². The standard InChI is InChI=1S/C12H18N2O3/c13-4-1-5-14-11(15)9-7-2-3-8(6-7)10(9)12(16)17/h2-3,7-10H,1,4-6,13H2,(H,14,15)(H,16,17)/t7?,8?,9-,10+/m0/s1. The molecule has 2 bridgehead atoms. The monoisotopic (exact) mass is 238 g/mol. The van der Waals surface area contributed by atoms with E-state index in [-0.39, 0.29) is 17.7 Å². The summed E-state index contributed by atoms with van der Waals surface area (Å²) in [6.07, 6.45) is 5.44. The number of nitrogens with one attached hydrogen (secondary N) is 1. The summed E-state index contributed by atoms with van der Waals surface area (Å²) in [6.45, 7) is 1.05. The molecule has 1 saturated carbocycles. The molecular formula is C12H18N2O3. The van der Waals surface area contributed by atoms with Crippen LogP contribution < -0.4 is 11.1 Å². The Bertz CT molecular complexity index is 354. The molecule has 1 amide bonds. The number of fused-ring (bicyclic) bond motifs is 2. The van der Waals surface area contributed by atoms with Gasteiger partial charge in [0.25, 0.3) is 0 Å². The van der Waals surface area contributed by atoms with Gasteiger partial charge in [-0.05, 0) is 31.2 Å². The van der Waals surface area contributed by atoms with Gasteiger partial charge in [-0.1, -0.05) is 12.2 Å². The van der Waals surface area contributed by atoms with E-state index in [9.17, 15) is 14.7 Å². The Morgan fingerprint density at radius 2 is 1.94 bits per heavy atom. The maximum absolute atomic E-state index is 12.0. The molecule has 0 saturated heterocycles. The summed E-state index contributed by atoms with van der Waals surface area (Å²) in [6, 6.07) is 0. The van der Waals surface area contributed by atoms with Crippen molar-refractivity contribution in [2.24, 2.45) is 29.4 Å². The maximum atomic E-state index is 12.0. The van der Waals surface area contributed by atoms with Gasteiger partial charge in [0.2, 0.25) is 5.91 Å². The number of hydrogen-bond acceptors (Lipinski definition) is 3. The van der Waals surface area contributed by atoms with Crippen LogP contribution >= 0.6 is 0 Å². The Labute approximate surface area is 100 Å². The molecule has 1 fully saturated rings. The Balaban J connectivity index is 2.01. The van der Waals surface area contributed by atoms with Gasteiger partial charge in [0.15, 0.2) is 0 Å². The average Bonchev–Trinajstić information content (AvgIpc) is 2.88. The second kappa shape index (κ2) is 4.87. The van der Waals surface area contributed by atoms with E-state index in [4.69, 9.17) is 5.73 Å². The lowest BCUT2D eigenvalue weighted by Crippen LogP contribution is -2.40. The number of carbonyl (C=O) groups is 2. The molecule has 2 unspecified atom stereocenters. The predicted molar refractivity (Wildman–Crippen MR) is 62.0 cm³/mol. The number of carbonyl (C=O) groups excluding carboxylic acids is 1. The highest BCUT2D eigenvalue weighted by atomic mass is 16.4. The molecule has 0 aromatic carbocycles. The first-order chi connectivity index (χ1) is 8.15. The van der Waals surface area contributed by atoms with Crippen molar-refractivity contribution in [3.8, 4) is 0 Å². The summed E-state index contributed by atoms with van der Waals surface area (Å²) in [4.78, 5) is 23.2. The lowest BCUT2D eigenvalue weighted by Gasteiger charge is -2.23. The topological polar surface area (TPSA) is 92.4 Å². The Kier molecular flexibility index (Phi) is 3.47. The summed E-state index contributed by atoms with van der Waals surface area (Å²) in [5.41, 5.74) is 5.35. The van der Waals surface area contributed by atoms with Crippen molar-refractivity contribution in [3.63, 3.8) is 0 Å². The molecule has 4 N–H and O–H groups in total. The molecule has 2 aliphatic carbocycles. The largest absolute Gasteiger partial charge is 0.481 e. The van der Waals surface area contributed by atoms with Crippen LogP contribution in [0.25, 0.3) is 0 Å². The summed E-state index contributed by atoms with van der Waals surface area (Å²) < 4.78 is 0. The van der Waals surface area contributed by atoms with Gasteiger partial charge in [0.05, 0.1) is 11.8 Å². The molecule has 17 heavy (non-hydrogen) atoms. The van der Waals surface area contributed by atoms with Crippen LogP contribution in [0.4, 0.5) is 0 Å². The molecule has 2 rings (SSSR count). The van der Waals surface area contributed by atoms with E-state index in [1.165, 1.54) is 0 Å². The molecule has 0 radical (unpaired) electrons. The minimum Gasteiger partial charge on any atom is -0.481 e. The van der Waals surface area contributed by atoms with Crippen molar-refractivity contribution in [2.45, 2.75) is 12.8 Å². The van der Waals surface area contributed by atoms with Gasteiger partial charge >= 0.3 is 5.97 Å². The van der Waals surface area contributed by atoms with E-state index in [0.29, 0.717) is 13.1 Å². The molecule has 0 aliphatic heterocycles. The first-order valence-corrected chi connectivity index (χ1v) is 6.04. The molecule has 0 aromatic heterocycles.